The average molecular weight is 544 g/mol. The van der Waals surface area contributed by atoms with Crippen molar-refractivity contribution in [3.8, 4) is 22.6 Å². The van der Waals surface area contributed by atoms with Gasteiger partial charge in [-0.2, -0.15) is 0 Å². The number of nitrogens with two attached hydrogens (primary N) is 3. The second-order valence-corrected chi connectivity index (χ2v) is 10.9. The molecule has 6 N–H and O–H groups in total. The first-order chi connectivity index (χ1) is 18.9. The van der Waals surface area contributed by atoms with Gasteiger partial charge in [0.2, 0.25) is 0 Å². The third-order valence-electron chi connectivity index (χ3n) is 7.17. The maximum absolute atomic E-state index is 6.04. The van der Waals surface area contributed by atoms with Gasteiger partial charge in [0.15, 0.2) is 11.0 Å². The van der Waals surface area contributed by atoms with E-state index in [4.69, 9.17) is 22.2 Å². The van der Waals surface area contributed by atoms with Crippen molar-refractivity contribution in [2.24, 2.45) is 5.73 Å². The molecular formula is C29H37N9S. The summed E-state index contributed by atoms with van der Waals surface area (Å²) in [6, 6.07) is 17.1. The number of hydrogen-bond donors (Lipinski definition) is 3. The van der Waals surface area contributed by atoms with Crippen LogP contribution in [-0.2, 0) is 6.42 Å². The Hall–Kier alpha value is -3.57. The predicted molar refractivity (Wildman–Crippen MR) is 162 cm³/mol. The summed E-state index contributed by atoms with van der Waals surface area (Å²) in [4.78, 5) is 20.5. The standard InChI is InChI=1S/C29H37N9S/c1-20-3-6-23(22-7-4-21(5-8-22)9-11-37-15-13-36(2)14-16-37)17-25(20)38(12-10-30)29-33-24(19-39-29)28-34-26(31)18-27(32)35-28/h3-8,17-19H,9-16,30H2,1-2H3,(H4,31,32,34,35). The zero-order chi connectivity index (χ0) is 27.4. The SMILES string of the molecule is Cc1ccc(-c2ccc(CCN3CCN(C)CC3)cc2)cc1N(CCN)c1nc(-c2nc(N)cc(N)n2)cs1. The van der Waals surface area contributed by atoms with E-state index in [1.807, 2.05) is 5.38 Å². The maximum Gasteiger partial charge on any atom is 0.190 e. The smallest absolute Gasteiger partial charge is 0.190 e. The fraction of sp³-hybridized carbons (Fsp3) is 0.345. The van der Waals surface area contributed by atoms with Gasteiger partial charge in [-0.1, -0.05) is 36.4 Å². The number of piperazine rings is 1. The van der Waals surface area contributed by atoms with Gasteiger partial charge < -0.3 is 31.9 Å². The van der Waals surface area contributed by atoms with Crippen LogP contribution < -0.4 is 22.1 Å². The fourth-order valence-corrected chi connectivity index (χ4v) is 5.68. The fourth-order valence-electron chi connectivity index (χ4n) is 4.84. The van der Waals surface area contributed by atoms with Crippen molar-refractivity contribution in [2.45, 2.75) is 13.3 Å². The number of hydrogen-bond acceptors (Lipinski definition) is 10. The average Bonchev–Trinajstić information content (AvgIpc) is 3.42. The summed E-state index contributed by atoms with van der Waals surface area (Å²) in [5, 5.41) is 2.74. The van der Waals surface area contributed by atoms with Gasteiger partial charge in [0, 0.05) is 62.9 Å². The van der Waals surface area contributed by atoms with Gasteiger partial charge in [0.05, 0.1) is 0 Å². The molecule has 39 heavy (non-hydrogen) atoms. The highest BCUT2D eigenvalue weighted by Gasteiger charge is 2.18. The van der Waals surface area contributed by atoms with Crippen LogP contribution in [0.3, 0.4) is 0 Å². The Kier molecular flexibility index (Phi) is 8.37. The van der Waals surface area contributed by atoms with Crippen molar-refractivity contribution < 1.29 is 0 Å². The Morgan fingerprint density at radius 1 is 0.897 bits per heavy atom. The van der Waals surface area contributed by atoms with E-state index < -0.39 is 0 Å². The van der Waals surface area contributed by atoms with Gasteiger partial charge in [-0.3, -0.25) is 0 Å². The number of nitrogens with zero attached hydrogens (tertiary/aromatic N) is 6. The molecule has 204 valence electrons. The lowest BCUT2D eigenvalue weighted by Gasteiger charge is -2.32. The summed E-state index contributed by atoms with van der Waals surface area (Å²) in [5.41, 5.74) is 24.4. The summed E-state index contributed by atoms with van der Waals surface area (Å²) in [7, 11) is 2.20. The topological polar surface area (TPSA) is 126 Å². The quantitative estimate of drug-likeness (QED) is 0.290. The molecule has 1 saturated heterocycles. The lowest BCUT2D eigenvalue weighted by Crippen LogP contribution is -2.45. The minimum absolute atomic E-state index is 0.319. The van der Waals surface area contributed by atoms with Crippen LogP contribution in [-0.4, -0.2) is 77.6 Å². The van der Waals surface area contributed by atoms with Crippen LogP contribution in [0.25, 0.3) is 22.6 Å². The molecule has 0 aliphatic carbocycles. The second-order valence-electron chi connectivity index (χ2n) is 10.1. The molecule has 5 rings (SSSR count). The summed E-state index contributed by atoms with van der Waals surface area (Å²) in [6.45, 7) is 8.95. The van der Waals surface area contributed by atoms with Gasteiger partial charge in [-0.05, 0) is 48.7 Å². The van der Waals surface area contributed by atoms with Crippen LogP contribution in [0.2, 0.25) is 0 Å². The normalized spacial score (nSPS) is 14.5. The van der Waals surface area contributed by atoms with Crippen LogP contribution >= 0.6 is 11.3 Å². The number of benzene rings is 2. The zero-order valence-corrected chi connectivity index (χ0v) is 23.5. The number of likely N-dealkylation sites (N-methyl/N-ethyl adjacent to an activating group) is 1. The van der Waals surface area contributed by atoms with Gasteiger partial charge in [0.1, 0.15) is 17.3 Å². The molecular weight excluding hydrogens is 506 g/mol. The minimum Gasteiger partial charge on any atom is -0.384 e. The molecule has 10 heteroatoms. The predicted octanol–water partition coefficient (Wildman–Crippen LogP) is 3.63. The minimum atomic E-state index is 0.319. The number of nitrogen functional groups attached to an aromatic ring is 2. The molecule has 0 amide bonds. The summed E-state index contributed by atoms with van der Waals surface area (Å²) in [6.07, 6.45) is 1.07. The van der Waals surface area contributed by atoms with Crippen molar-refractivity contribution in [2.75, 3.05) is 69.2 Å². The number of aryl methyl sites for hydroxylation is 1. The number of aromatic nitrogens is 3. The maximum atomic E-state index is 6.04. The molecule has 1 fully saturated rings. The third kappa shape index (κ3) is 6.54. The molecule has 2 aromatic heterocycles. The van der Waals surface area contributed by atoms with Crippen molar-refractivity contribution >= 4 is 33.8 Å². The first-order valence-electron chi connectivity index (χ1n) is 13.3. The lowest BCUT2D eigenvalue weighted by molar-refractivity contribution is 0.155. The molecule has 0 bridgehead atoms. The van der Waals surface area contributed by atoms with Crippen LogP contribution in [0.4, 0.5) is 22.5 Å². The first kappa shape index (κ1) is 27.0. The molecule has 0 saturated carbocycles. The van der Waals surface area contributed by atoms with Crippen molar-refractivity contribution in [1.29, 1.82) is 0 Å². The monoisotopic (exact) mass is 543 g/mol. The van der Waals surface area contributed by atoms with Crippen LogP contribution in [0.15, 0.2) is 53.9 Å². The van der Waals surface area contributed by atoms with Crippen molar-refractivity contribution in [1.82, 2.24) is 24.8 Å². The molecule has 3 heterocycles. The van der Waals surface area contributed by atoms with E-state index in [9.17, 15) is 0 Å². The van der Waals surface area contributed by atoms with E-state index >= 15 is 0 Å². The van der Waals surface area contributed by atoms with Gasteiger partial charge in [0.25, 0.3) is 0 Å². The van der Waals surface area contributed by atoms with Crippen LogP contribution in [0, 0.1) is 6.92 Å². The van der Waals surface area contributed by atoms with E-state index in [1.54, 1.807) is 0 Å². The Morgan fingerprint density at radius 3 is 2.28 bits per heavy atom. The van der Waals surface area contributed by atoms with Crippen LogP contribution in [0.1, 0.15) is 11.1 Å². The molecule has 9 nitrogen and oxygen atoms in total. The van der Waals surface area contributed by atoms with Gasteiger partial charge in [-0.25, -0.2) is 15.0 Å². The largest absolute Gasteiger partial charge is 0.384 e. The molecule has 1 aliphatic rings. The molecule has 0 spiro atoms. The summed E-state index contributed by atoms with van der Waals surface area (Å²) >= 11 is 1.52. The molecule has 0 unspecified atom stereocenters. The highest BCUT2D eigenvalue weighted by Crippen LogP contribution is 2.35. The Bertz CT molecular complexity index is 1370. The summed E-state index contributed by atoms with van der Waals surface area (Å²) < 4.78 is 0. The molecule has 1 aliphatic heterocycles. The van der Waals surface area contributed by atoms with E-state index in [0.29, 0.717) is 36.2 Å². The van der Waals surface area contributed by atoms with E-state index in [0.717, 1.165) is 61.1 Å². The molecule has 0 radical (unpaired) electrons. The number of thiazole rings is 1. The molecule has 4 aromatic rings. The first-order valence-corrected chi connectivity index (χ1v) is 14.2. The Balaban J connectivity index is 1.35. The lowest BCUT2D eigenvalue weighted by atomic mass is 10.00. The number of anilines is 4. The van der Waals surface area contributed by atoms with Crippen LogP contribution in [0.5, 0.6) is 0 Å². The van der Waals surface area contributed by atoms with E-state index in [2.05, 4.69) is 81.1 Å². The highest BCUT2D eigenvalue weighted by atomic mass is 32.1. The van der Waals surface area contributed by atoms with Crippen molar-refractivity contribution in [3.05, 3.63) is 65.0 Å². The van der Waals surface area contributed by atoms with E-state index in [-0.39, 0.29) is 0 Å². The van der Waals surface area contributed by atoms with Crippen molar-refractivity contribution in [3.63, 3.8) is 0 Å². The van der Waals surface area contributed by atoms with E-state index in [1.165, 1.54) is 28.5 Å². The van der Waals surface area contributed by atoms with Gasteiger partial charge in [-0.15, -0.1) is 11.3 Å². The Morgan fingerprint density at radius 2 is 1.59 bits per heavy atom. The zero-order valence-electron chi connectivity index (χ0n) is 22.7. The van der Waals surface area contributed by atoms with Gasteiger partial charge >= 0.3 is 0 Å². The number of rotatable bonds is 9. The Labute approximate surface area is 234 Å². The second kappa shape index (κ2) is 12.1. The highest BCUT2D eigenvalue weighted by molar-refractivity contribution is 7.14. The summed E-state index contributed by atoms with van der Waals surface area (Å²) in [5.74, 6) is 1.06. The molecule has 2 aromatic carbocycles. The third-order valence-corrected chi connectivity index (χ3v) is 8.03. The molecule has 0 atom stereocenters.